The quantitative estimate of drug-likeness (QED) is 0.391. The minimum Gasteiger partial charge on any atom is -0.150 e. The Balaban J connectivity index is 2.92. The highest BCUT2D eigenvalue weighted by Gasteiger charge is 1.67. The molecule has 40 valence electrons. The van der Waals surface area contributed by atoms with Gasteiger partial charge in [0.2, 0.25) is 0 Å². The molecule has 0 saturated carbocycles. The van der Waals surface area contributed by atoms with Crippen molar-refractivity contribution < 1.29 is 0 Å². The van der Waals surface area contributed by atoms with Crippen molar-refractivity contribution >= 4 is 0 Å². The summed E-state index contributed by atoms with van der Waals surface area (Å²) < 4.78 is 0. The van der Waals surface area contributed by atoms with Gasteiger partial charge in [0.1, 0.15) is 0 Å². The molecule has 0 unspecified atom stereocenters. The van der Waals surface area contributed by atoms with Crippen molar-refractivity contribution in [3.05, 3.63) is 17.1 Å². The standard InChI is InChI=1S/C5H9NO/c1-2-3-4-5-6-7/h3-4H,2,5H2,1H3/b4-3+. The van der Waals surface area contributed by atoms with E-state index in [9.17, 15) is 4.91 Å². The van der Waals surface area contributed by atoms with Gasteiger partial charge in [0.05, 0.1) is 6.54 Å². The van der Waals surface area contributed by atoms with Gasteiger partial charge in [-0.1, -0.05) is 24.3 Å². The molecular formula is C5H9NO. The summed E-state index contributed by atoms with van der Waals surface area (Å²) in [4.78, 5) is 9.38. The van der Waals surface area contributed by atoms with Crippen molar-refractivity contribution in [2.75, 3.05) is 6.54 Å². The molecule has 0 aliphatic rings. The third kappa shape index (κ3) is 5.34. The Hall–Kier alpha value is -0.660. The minimum atomic E-state index is 0.313. The van der Waals surface area contributed by atoms with Crippen LogP contribution in [0.5, 0.6) is 0 Å². The first-order valence-electron chi connectivity index (χ1n) is 2.36. The maximum absolute atomic E-state index is 9.38. The predicted octanol–water partition coefficient (Wildman–Crippen LogP) is 1.72. The Labute approximate surface area is 43.2 Å². The van der Waals surface area contributed by atoms with Crippen LogP contribution in [0.4, 0.5) is 0 Å². The highest BCUT2D eigenvalue weighted by atomic mass is 16.3. The van der Waals surface area contributed by atoms with Crippen LogP contribution in [0.3, 0.4) is 0 Å². The fourth-order valence-electron chi connectivity index (χ4n) is 0.284. The Morgan fingerprint density at radius 2 is 2.29 bits per heavy atom. The van der Waals surface area contributed by atoms with Gasteiger partial charge >= 0.3 is 0 Å². The average Bonchev–Trinajstić information content (AvgIpc) is 1.69. The topological polar surface area (TPSA) is 29.4 Å². The zero-order chi connectivity index (χ0) is 5.54. The monoisotopic (exact) mass is 99.1 g/mol. The van der Waals surface area contributed by atoms with Crippen LogP contribution >= 0.6 is 0 Å². The summed E-state index contributed by atoms with van der Waals surface area (Å²) in [6.45, 7) is 2.33. The summed E-state index contributed by atoms with van der Waals surface area (Å²) in [5.74, 6) is 0. The maximum Gasteiger partial charge on any atom is 0.0992 e. The normalized spacial score (nSPS) is 9.86. The van der Waals surface area contributed by atoms with E-state index >= 15 is 0 Å². The highest BCUT2D eigenvalue weighted by Crippen LogP contribution is 1.78. The molecule has 0 bridgehead atoms. The summed E-state index contributed by atoms with van der Waals surface area (Å²) in [6, 6.07) is 0. The van der Waals surface area contributed by atoms with Crippen molar-refractivity contribution in [2.45, 2.75) is 13.3 Å². The van der Waals surface area contributed by atoms with Crippen molar-refractivity contribution in [3.8, 4) is 0 Å². The van der Waals surface area contributed by atoms with Crippen molar-refractivity contribution in [1.29, 1.82) is 0 Å². The first-order valence-corrected chi connectivity index (χ1v) is 2.36. The first kappa shape index (κ1) is 6.34. The number of rotatable bonds is 3. The molecule has 0 aromatic carbocycles. The van der Waals surface area contributed by atoms with Crippen molar-refractivity contribution in [2.24, 2.45) is 5.18 Å². The molecule has 0 fully saturated rings. The Kier molecular flexibility index (Phi) is 4.84. The summed E-state index contributed by atoms with van der Waals surface area (Å²) in [6.07, 6.45) is 4.66. The molecule has 0 spiro atoms. The molecule has 0 radical (unpaired) electrons. The highest BCUT2D eigenvalue weighted by molar-refractivity contribution is 4.81. The van der Waals surface area contributed by atoms with Gasteiger partial charge in [-0.3, -0.25) is 0 Å². The van der Waals surface area contributed by atoms with E-state index in [0.717, 1.165) is 6.42 Å². The van der Waals surface area contributed by atoms with Crippen LogP contribution in [0.2, 0.25) is 0 Å². The molecule has 0 aliphatic carbocycles. The molecule has 0 saturated heterocycles. The van der Waals surface area contributed by atoms with Gasteiger partial charge in [-0.25, -0.2) is 0 Å². The van der Waals surface area contributed by atoms with Crippen molar-refractivity contribution in [3.63, 3.8) is 0 Å². The Morgan fingerprint density at radius 1 is 1.57 bits per heavy atom. The Bertz CT molecular complexity index is 68.5. The minimum absolute atomic E-state index is 0.313. The predicted molar refractivity (Wildman–Crippen MR) is 30.1 cm³/mol. The fourth-order valence-corrected chi connectivity index (χ4v) is 0.284. The molecule has 0 heterocycles. The van der Waals surface area contributed by atoms with Gasteiger partial charge in [0.25, 0.3) is 0 Å². The fraction of sp³-hybridized carbons (Fsp3) is 0.600. The van der Waals surface area contributed by atoms with Crippen LogP contribution in [-0.4, -0.2) is 6.54 Å². The lowest BCUT2D eigenvalue weighted by Crippen LogP contribution is -1.64. The van der Waals surface area contributed by atoms with E-state index in [-0.39, 0.29) is 0 Å². The van der Waals surface area contributed by atoms with E-state index < -0.39 is 0 Å². The Morgan fingerprint density at radius 3 is 2.71 bits per heavy atom. The molecule has 0 N–H and O–H groups in total. The molecule has 0 atom stereocenters. The van der Waals surface area contributed by atoms with E-state index in [1.54, 1.807) is 6.08 Å². The number of allylic oxidation sites excluding steroid dienone is 1. The third-order valence-electron chi connectivity index (χ3n) is 0.582. The molecule has 0 aliphatic heterocycles. The van der Waals surface area contributed by atoms with Gasteiger partial charge < -0.3 is 0 Å². The molecule has 7 heavy (non-hydrogen) atoms. The van der Waals surface area contributed by atoms with E-state index in [1.165, 1.54) is 0 Å². The summed E-state index contributed by atoms with van der Waals surface area (Å²) in [7, 11) is 0. The van der Waals surface area contributed by atoms with E-state index in [4.69, 9.17) is 0 Å². The van der Waals surface area contributed by atoms with Gasteiger partial charge in [0.15, 0.2) is 0 Å². The van der Waals surface area contributed by atoms with Crippen LogP contribution in [0.1, 0.15) is 13.3 Å². The second-order valence-corrected chi connectivity index (χ2v) is 1.19. The molecular weight excluding hydrogens is 90.1 g/mol. The van der Waals surface area contributed by atoms with Gasteiger partial charge in [-0.2, -0.15) is 4.91 Å². The van der Waals surface area contributed by atoms with Crippen LogP contribution in [-0.2, 0) is 0 Å². The van der Waals surface area contributed by atoms with Gasteiger partial charge in [-0.05, 0) is 6.42 Å². The largest absolute Gasteiger partial charge is 0.150 e. The van der Waals surface area contributed by atoms with Gasteiger partial charge in [0, 0.05) is 0 Å². The van der Waals surface area contributed by atoms with Crippen LogP contribution < -0.4 is 0 Å². The second-order valence-electron chi connectivity index (χ2n) is 1.19. The summed E-state index contributed by atoms with van der Waals surface area (Å²) >= 11 is 0. The molecule has 2 heteroatoms. The lowest BCUT2D eigenvalue weighted by Gasteiger charge is -1.72. The molecule has 0 aromatic heterocycles. The number of hydrogen-bond donors (Lipinski definition) is 0. The van der Waals surface area contributed by atoms with Crippen LogP contribution in [0.25, 0.3) is 0 Å². The number of nitroso groups, excluding NO2 is 1. The molecule has 0 rings (SSSR count). The molecule has 0 amide bonds. The van der Waals surface area contributed by atoms with E-state index in [2.05, 4.69) is 5.18 Å². The zero-order valence-corrected chi connectivity index (χ0v) is 4.42. The van der Waals surface area contributed by atoms with E-state index in [0.29, 0.717) is 6.54 Å². The van der Waals surface area contributed by atoms with Gasteiger partial charge in [-0.15, -0.1) is 0 Å². The van der Waals surface area contributed by atoms with Crippen LogP contribution in [0, 0.1) is 4.91 Å². The first-order chi connectivity index (χ1) is 3.41. The second kappa shape index (κ2) is 5.34. The zero-order valence-electron chi connectivity index (χ0n) is 4.42. The lowest BCUT2D eigenvalue weighted by molar-refractivity contribution is 1.16. The average molecular weight is 99.1 g/mol. The van der Waals surface area contributed by atoms with E-state index in [1.807, 2.05) is 13.0 Å². The van der Waals surface area contributed by atoms with Crippen LogP contribution in [0.15, 0.2) is 17.3 Å². The maximum atomic E-state index is 9.38. The molecule has 2 nitrogen and oxygen atoms in total. The molecule has 0 aromatic rings. The number of hydrogen-bond acceptors (Lipinski definition) is 2. The lowest BCUT2D eigenvalue weighted by atomic mass is 10.4. The summed E-state index contributed by atoms with van der Waals surface area (Å²) in [5.41, 5.74) is 0. The smallest absolute Gasteiger partial charge is 0.0992 e. The third-order valence-corrected chi connectivity index (χ3v) is 0.582. The SMILES string of the molecule is CC/C=C/CN=O. The number of nitrogens with zero attached hydrogens (tertiary/aromatic N) is 1. The summed E-state index contributed by atoms with van der Waals surface area (Å²) in [5, 5.41) is 2.64. The van der Waals surface area contributed by atoms with Crippen molar-refractivity contribution in [1.82, 2.24) is 0 Å².